The van der Waals surface area contributed by atoms with Crippen LogP contribution < -0.4 is 4.74 Å². The van der Waals surface area contributed by atoms with E-state index in [9.17, 15) is 4.79 Å². The summed E-state index contributed by atoms with van der Waals surface area (Å²) >= 11 is 7.32. The summed E-state index contributed by atoms with van der Waals surface area (Å²) in [5, 5.41) is 8.21. The maximum Gasteiger partial charge on any atom is 0.233 e. The molecule has 1 aliphatic rings. The highest BCUT2D eigenvalue weighted by molar-refractivity contribution is 7.99. The monoisotopic (exact) mass is 410 g/mol. The van der Waals surface area contributed by atoms with Crippen molar-refractivity contribution in [1.29, 1.82) is 0 Å². The summed E-state index contributed by atoms with van der Waals surface area (Å²) in [4.78, 5) is 18.6. The zero-order valence-corrected chi connectivity index (χ0v) is 17.1. The molecule has 0 bridgehead atoms. The van der Waals surface area contributed by atoms with Crippen molar-refractivity contribution in [3.05, 3.63) is 34.6 Å². The third-order valence-corrected chi connectivity index (χ3v) is 5.37. The Balaban J connectivity index is 1.47. The van der Waals surface area contributed by atoms with Crippen molar-refractivity contribution in [3.63, 3.8) is 0 Å². The molecule has 1 aliphatic heterocycles. The largest absolute Gasteiger partial charge is 0.486 e. The molecule has 146 valence electrons. The first-order valence-electron chi connectivity index (χ1n) is 8.77. The zero-order valence-electron chi connectivity index (χ0n) is 15.6. The molecule has 2 atom stereocenters. The van der Waals surface area contributed by atoms with Crippen LogP contribution in [0, 0.1) is 6.92 Å². The predicted molar refractivity (Wildman–Crippen MR) is 104 cm³/mol. The Morgan fingerprint density at radius 2 is 2.15 bits per heavy atom. The number of carbonyl (C=O) groups is 1. The molecule has 9 heteroatoms. The number of ether oxygens (including phenoxy) is 2. The average Bonchev–Trinajstić information content (AvgIpc) is 3.08. The lowest BCUT2D eigenvalue weighted by Gasteiger charge is -2.35. The number of amides is 1. The second-order valence-electron chi connectivity index (χ2n) is 6.61. The molecule has 1 N–H and O–H groups in total. The van der Waals surface area contributed by atoms with Gasteiger partial charge in [0, 0.05) is 18.1 Å². The minimum absolute atomic E-state index is 0.0615. The highest BCUT2D eigenvalue weighted by Crippen LogP contribution is 2.22. The Hall–Kier alpha value is -1.77. The molecule has 2 heterocycles. The van der Waals surface area contributed by atoms with Gasteiger partial charge in [0.2, 0.25) is 11.1 Å². The minimum Gasteiger partial charge on any atom is -0.486 e. The molecule has 1 aromatic carbocycles. The van der Waals surface area contributed by atoms with E-state index >= 15 is 0 Å². The van der Waals surface area contributed by atoms with Crippen molar-refractivity contribution >= 4 is 29.3 Å². The Morgan fingerprint density at radius 3 is 2.85 bits per heavy atom. The van der Waals surface area contributed by atoms with Crippen molar-refractivity contribution in [2.75, 3.05) is 18.8 Å². The van der Waals surface area contributed by atoms with Gasteiger partial charge in [0.05, 0.1) is 18.0 Å². The third kappa shape index (κ3) is 5.60. The normalized spacial score (nSPS) is 19.9. The fourth-order valence-electron chi connectivity index (χ4n) is 2.86. The number of carbonyl (C=O) groups excluding carboxylic acids is 1. The van der Waals surface area contributed by atoms with Crippen LogP contribution in [0.25, 0.3) is 0 Å². The fraction of sp³-hybridized carbons (Fsp3) is 0.500. The van der Waals surface area contributed by atoms with E-state index in [-0.39, 0.29) is 24.7 Å². The van der Waals surface area contributed by atoms with E-state index in [0.29, 0.717) is 40.6 Å². The number of hydrogen-bond donors (Lipinski definition) is 1. The number of nitrogens with zero attached hydrogens (tertiary/aromatic N) is 3. The second kappa shape index (κ2) is 8.95. The number of aryl methyl sites for hydroxylation is 1. The lowest BCUT2D eigenvalue weighted by Crippen LogP contribution is -2.48. The molecule has 27 heavy (non-hydrogen) atoms. The minimum atomic E-state index is 0.0615. The van der Waals surface area contributed by atoms with Crippen LogP contribution in [0.2, 0.25) is 5.02 Å². The molecule has 1 amide bonds. The topological polar surface area (TPSA) is 80.3 Å². The Labute approximate surface area is 167 Å². The van der Waals surface area contributed by atoms with Gasteiger partial charge in [-0.15, -0.1) is 5.10 Å². The Kier molecular flexibility index (Phi) is 6.62. The van der Waals surface area contributed by atoms with Crippen molar-refractivity contribution in [2.24, 2.45) is 0 Å². The van der Waals surface area contributed by atoms with E-state index in [4.69, 9.17) is 21.1 Å². The van der Waals surface area contributed by atoms with E-state index in [1.54, 1.807) is 6.07 Å². The molecule has 0 saturated carbocycles. The molecule has 0 aliphatic carbocycles. The second-order valence-corrected chi connectivity index (χ2v) is 7.96. The SMILES string of the molecule is Cc1cc(OCc2nc(SCC(=O)N3CC(C)OC(C)C3)n[nH]2)ccc1Cl. The summed E-state index contributed by atoms with van der Waals surface area (Å²) in [7, 11) is 0. The number of aromatic nitrogens is 3. The number of benzene rings is 1. The number of halogens is 1. The zero-order chi connectivity index (χ0) is 19.4. The van der Waals surface area contributed by atoms with Crippen LogP contribution in [0.4, 0.5) is 0 Å². The van der Waals surface area contributed by atoms with Crippen molar-refractivity contribution < 1.29 is 14.3 Å². The molecule has 2 unspecified atom stereocenters. The number of H-pyrrole nitrogens is 1. The number of aromatic amines is 1. The maximum absolute atomic E-state index is 12.4. The average molecular weight is 411 g/mol. The summed E-state index contributed by atoms with van der Waals surface area (Å²) in [6, 6.07) is 5.48. The van der Waals surface area contributed by atoms with Gasteiger partial charge in [0.15, 0.2) is 5.82 Å². The number of nitrogens with one attached hydrogen (secondary N) is 1. The Bertz CT molecular complexity index is 791. The van der Waals surface area contributed by atoms with Gasteiger partial charge in [-0.1, -0.05) is 23.4 Å². The first-order valence-corrected chi connectivity index (χ1v) is 10.1. The van der Waals surface area contributed by atoms with Gasteiger partial charge in [0.25, 0.3) is 0 Å². The summed E-state index contributed by atoms with van der Waals surface area (Å²) in [6.45, 7) is 7.39. The van der Waals surface area contributed by atoms with Crippen LogP contribution in [0.5, 0.6) is 5.75 Å². The molecular weight excluding hydrogens is 388 g/mol. The lowest BCUT2D eigenvalue weighted by atomic mass is 10.2. The van der Waals surface area contributed by atoms with Crippen LogP contribution in [-0.4, -0.2) is 57.0 Å². The summed E-state index contributed by atoms with van der Waals surface area (Å²) in [5.41, 5.74) is 0.952. The van der Waals surface area contributed by atoms with Gasteiger partial charge in [0.1, 0.15) is 12.4 Å². The first-order chi connectivity index (χ1) is 12.9. The van der Waals surface area contributed by atoms with Crippen molar-refractivity contribution in [3.8, 4) is 5.75 Å². The maximum atomic E-state index is 12.4. The number of rotatable bonds is 6. The lowest BCUT2D eigenvalue weighted by molar-refractivity contribution is -0.140. The van der Waals surface area contributed by atoms with Crippen LogP contribution in [0.15, 0.2) is 23.4 Å². The summed E-state index contributed by atoms with van der Waals surface area (Å²) in [5.74, 6) is 1.69. The molecule has 2 aromatic rings. The standard InChI is InChI=1S/C18H23ClN4O3S/c1-11-6-14(4-5-15(11)19)25-9-16-20-18(22-21-16)27-10-17(24)23-7-12(2)26-13(3)8-23/h4-6,12-13H,7-10H2,1-3H3,(H,20,21,22). The molecule has 7 nitrogen and oxygen atoms in total. The van der Waals surface area contributed by atoms with Gasteiger partial charge in [-0.3, -0.25) is 9.89 Å². The molecule has 1 saturated heterocycles. The number of hydrogen-bond acceptors (Lipinski definition) is 6. The van der Waals surface area contributed by atoms with Crippen LogP contribution >= 0.6 is 23.4 Å². The van der Waals surface area contributed by atoms with E-state index in [0.717, 1.165) is 5.56 Å². The molecule has 1 aromatic heterocycles. The molecule has 3 rings (SSSR count). The smallest absolute Gasteiger partial charge is 0.233 e. The number of morpholine rings is 1. The van der Waals surface area contributed by atoms with Crippen molar-refractivity contribution in [2.45, 2.75) is 44.7 Å². The fourth-order valence-corrected chi connectivity index (χ4v) is 3.70. The van der Waals surface area contributed by atoms with Crippen LogP contribution in [0.3, 0.4) is 0 Å². The number of thioether (sulfide) groups is 1. The molecule has 0 radical (unpaired) electrons. The highest BCUT2D eigenvalue weighted by Gasteiger charge is 2.25. The third-order valence-electron chi connectivity index (χ3n) is 4.11. The van der Waals surface area contributed by atoms with Gasteiger partial charge >= 0.3 is 0 Å². The summed E-state index contributed by atoms with van der Waals surface area (Å²) < 4.78 is 11.4. The van der Waals surface area contributed by atoms with E-state index in [1.165, 1.54) is 11.8 Å². The van der Waals surface area contributed by atoms with Crippen LogP contribution in [-0.2, 0) is 16.1 Å². The van der Waals surface area contributed by atoms with Crippen LogP contribution in [0.1, 0.15) is 25.2 Å². The van der Waals surface area contributed by atoms with Gasteiger partial charge < -0.3 is 14.4 Å². The van der Waals surface area contributed by atoms with E-state index in [2.05, 4.69) is 15.2 Å². The van der Waals surface area contributed by atoms with Gasteiger partial charge in [-0.05, 0) is 44.5 Å². The van der Waals surface area contributed by atoms with E-state index < -0.39 is 0 Å². The predicted octanol–water partition coefficient (Wildman–Crippen LogP) is 3.07. The quantitative estimate of drug-likeness (QED) is 0.737. The van der Waals surface area contributed by atoms with Gasteiger partial charge in [-0.2, -0.15) is 0 Å². The Morgan fingerprint density at radius 1 is 1.41 bits per heavy atom. The first kappa shape index (κ1) is 20.0. The highest BCUT2D eigenvalue weighted by atomic mass is 35.5. The van der Waals surface area contributed by atoms with Crippen molar-refractivity contribution in [1.82, 2.24) is 20.1 Å². The van der Waals surface area contributed by atoms with Gasteiger partial charge in [-0.25, -0.2) is 4.98 Å². The molecule has 0 spiro atoms. The van der Waals surface area contributed by atoms with E-state index in [1.807, 2.05) is 37.8 Å². The molecule has 1 fully saturated rings. The summed E-state index contributed by atoms with van der Waals surface area (Å²) in [6.07, 6.45) is 0.123. The molecular formula is C18H23ClN4O3S.